The molecule has 0 bridgehead atoms. The number of aromatic nitrogens is 6. The minimum Gasteiger partial charge on any atom is -0.456 e. The molecule has 0 saturated heterocycles. The van der Waals surface area contributed by atoms with Crippen LogP contribution >= 0.6 is 0 Å². The van der Waals surface area contributed by atoms with Crippen molar-refractivity contribution >= 4 is 11.6 Å². The highest BCUT2D eigenvalue weighted by atomic mass is 19.1. The third kappa shape index (κ3) is 4.22. The minimum atomic E-state index is -0.486. The van der Waals surface area contributed by atoms with E-state index in [9.17, 15) is 9.65 Å². The molecule has 172 valence electrons. The molecule has 2 N–H and O–H groups in total. The van der Waals surface area contributed by atoms with Gasteiger partial charge < -0.3 is 10.5 Å². The summed E-state index contributed by atoms with van der Waals surface area (Å²) in [6.45, 7) is 3.64. The number of pyridine rings is 2. The summed E-state index contributed by atoms with van der Waals surface area (Å²) in [5, 5.41) is 13.7. The summed E-state index contributed by atoms with van der Waals surface area (Å²) in [6.07, 6.45) is 1.48. The van der Waals surface area contributed by atoms with Gasteiger partial charge in [0, 0.05) is 23.1 Å². The summed E-state index contributed by atoms with van der Waals surface area (Å²) in [4.78, 5) is 17.6. The summed E-state index contributed by atoms with van der Waals surface area (Å²) in [7, 11) is 0. The molecule has 5 rings (SSSR count). The van der Waals surface area contributed by atoms with Crippen molar-refractivity contribution in [1.29, 1.82) is 5.26 Å². The number of nitriles is 1. The van der Waals surface area contributed by atoms with E-state index >= 15 is 0 Å². The number of nitrogens with two attached hydrogens (primary N) is 1. The van der Waals surface area contributed by atoms with Gasteiger partial charge in [-0.2, -0.15) is 14.8 Å². The molecule has 0 aliphatic rings. The van der Waals surface area contributed by atoms with Crippen LogP contribution in [0.15, 0.2) is 54.7 Å². The summed E-state index contributed by atoms with van der Waals surface area (Å²) in [5.41, 5.74) is 11.6. The number of nitrogens with zero attached hydrogens (tertiary/aromatic N) is 7. The average molecular weight is 466 g/mol. The lowest BCUT2D eigenvalue weighted by Crippen LogP contribution is -2.06. The van der Waals surface area contributed by atoms with Crippen LogP contribution in [0.1, 0.15) is 22.6 Å². The number of rotatable bonds is 5. The molecule has 4 heterocycles. The number of benzene rings is 1. The number of nitrogen functional groups attached to an aromatic ring is 1. The zero-order valence-corrected chi connectivity index (χ0v) is 18.9. The fourth-order valence-corrected chi connectivity index (χ4v) is 3.85. The van der Waals surface area contributed by atoms with E-state index in [0.717, 1.165) is 17.0 Å². The Morgan fingerprint density at radius 2 is 1.83 bits per heavy atom. The van der Waals surface area contributed by atoms with Crippen molar-refractivity contribution in [2.24, 2.45) is 0 Å². The Labute approximate surface area is 199 Å². The molecular weight excluding hydrogens is 447 g/mol. The molecule has 0 spiro atoms. The summed E-state index contributed by atoms with van der Waals surface area (Å²) >= 11 is 0. The Balaban J connectivity index is 1.70. The van der Waals surface area contributed by atoms with Crippen LogP contribution in [0.4, 0.5) is 10.3 Å². The average Bonchev–Trinajstić information content (AvgIpc) is 3.27. The SMILES string of the molecule is Cc1cc(-c2c(-c3cccc(C#N)c3)nc(N)n3nc(OCc4ncccc4F)nc23)cc(C)n1. The van der Waals surface area contributed by atoms with E-state index in [2.05, 4.69) is 31.1 Å². The molecule has 0 aliphatic heterocycles. The second kappa shape index (κ2) is 8.79. The van der Waals surface area contributed by atoms with E-state index in [1.165, 1.54) is 22.8 Å². The van der Waals surface area contributed by atoms with Crippen LogP contribution < -0.4 is 10.5 Å². The molecule has 9 nitrogen and oxygen atoms in total. The zero-order valence-electron chi connectivity index (χ0n) is 18.9. The van der Waals surface area contributed by atoms with Crippen molar-refractivity contribution in [3.63, 3.8) is 0 Å². The normalized spacial score (nSPS) is 10.9. The smallest absolute Gasteiger partial charge is 0.336 e. The Hall–Kier alpha value is -4.91. The molecule has 35 heavy (non-hydrogen) atoms. The minimum absolute atomic E-state index is 0.00442. The number of ether oxygens (including phenoxy) is 1. The molecule has 0 radical (unpaired) electrons. The van der Waals surface area contributed by atoms with Gasteiger partial charge in [-0.1, -0.05) is 12.1 Å². The Morgan fingerprint density at radius 3 is 2.57 bits per heavy atom. The molecule has 0 fully saturated rings. The monoisotopic (exact) mass is 466 g/mol. The van der Waals surface area contributed by atoms with Gasteiger partial charge in [-0.25, -0.2) is 9.37 Å². The predicted octanol–water partition coefficient (Wildman–Crippen LogP) is 4.04. The van der Waals surface area contributed by atoms with E-state index in [1.807, 2.05) is 32.0 Å². The number of halogens is 1. The van der Waals surface area contributed by atoms with E-state index in [0.29, 0.717) is 28.0 Å². The van der Waals surface area contributed by atoms with E-state index in [-0.39, 0.29) is 24.3 Å². The fourth-order valence-electron chi connectivity index (χ4n) is 3.85. The predicted molar refractivity (Wildman–Crippen MR) is 127 cm³/mol. The van der Waals surface area contributed by atoms with Gasteiger partial charge in [-0.15, -0.1) is 5.10 Å². The largest absolute Gasteiger partial charge is 0.456 e. The molecule has 0 amide bonds. The second-order valence-corrected chi connectivity index (χ2v) is 7.88. The molecule has 0 atom stereocenters. The first-order valence-electron chi connectivity index (χ1n) is 10.7. The lowest BCUT2D eigenvalue weighted by molar-refractivity contribution is 0.271. The van der Waals surface area contributed by atoms with Crippen LogP contribution in [0.3, 0.4) is 0 Å². The van der Waals surface area contributed by atoms with Gasteiger partial charge in [-0.05, 0) is 55.8 Å². The van der Waals surface area contributed by atoms with E-state index < -0.39 is 5.82 Å². The van der Waals surface area contributed by atoms with Gasteiger partial charge in [-0.3, -0.25) is 9.97 Å². The van der Waals surface area contributed by atoms with E-state index in [1.54, 1.807) is 18.2 Å². The number of hydrogen-bond donors (Lipinski definition) is 1. The van der Waals surface area contributed by atoms with Crippen molar-refractivity contribution < 1.29 is 9.13 Å². The fraction of sp³-hybridized carbons (Fsp3) is 0.120. The zero-order chi connectivity index (χ0) is 24.5. The maximum Gasteiger partial charge on any atom is 0.336 e. The molecule has 0 saturated carbocycles. The second-order valence-electron chi connectivity index (χ2n) is 7.88. The number of anilines is 1. The van der Waals surface area contributed by atoms with Crippen LogP contribution in [0.25, 0.3) is 28.0 Å². The van der Waals surface area contributed by atoms with Gasteiger partial charge in [0.05, 0.1) is 22.9 Å². The van der Waals surface area contributed by atoms with Crippen molar-refractivity contribution in [3.8, 4) is 34.5 Å². The molecule has 10 heteroatoms. The molecular formula is C25H19FN8O. The third-order valence-electron chi connectivity index (χ3n) is 5.30. The third-order valence-corrected chi connectivity index (χ3v) is 5.30. The number of hydrogen-bond acceptors (Lipinski definition) is 8. The first-order chi connectivity index (χ1) is 16.9. The summed E-state index contributed by atoms with van der Waals surface area (Å²) < 4.78 is 21.0. The van der Waals surface area contributed by atoms with Gasteiger partial charge in [0.2, 0.25) is 5.95 Å². The lowest BCUT2D eigenvalue weighted by Gasteiger charge is -2.13. The highest BCUT2D eigenvalue weighted by Crippen LogP contribution is 2.36. The summed E-state index contributed by atoms with van der Waals surface area (Å²) in [5.74, 6) is -0.407. The van der Waals surface area contributed by atoms with Gasteiger partial charge in [0.1, 0.15) is 18.1 Å². The maximum atomic E-state index is 14.0. The van der Waals surface area contributed by atoms with Crippen LogP contribution in [0.5, 0.6) is 6.01 Å². The summed E-state index contributed by atoms with van der Waals surface area (Å²) in [6, 6.07) is 15.9. The number of fused-ring (bicyclic) bond motifs is 1. The standard InChI is InChI=1S/C25H19FN8O/c1-14-9-18(10-15(2)30-14)21-22(17-6-3-5-16(11-17)12-27)31-24(28)34-23(21)32-25(33-34)35-13-20-19(26)7-4-8-29-20/h3-11H,13H2,1-2H3,(H2,28,31). The van der Waals surface area contributed by atoms with E-state index in [4.69, 9.17) is 10.5 Å². The van der Waals surface area contributed by atoms with Crippen LogP contribution in [0, 0.1) is 31.0 Å². The molecule has 4 aromatic heterocycles. The maximum absolute atomic E-state index is 14.0. The van der Waals surface area contributed by atoms with Gasteiger partial charge in [0.15, 0.2) is 5.65 Å². The highest BCUT2D eigenvalue weighted by molar-refractivity contribution is 5.91. The van der Waals surface area contributed by atoms with Crippen molar-refractivity contribution in [1.82, 2.24) is 29.5 Å². The Kier molecular flexibility index (Phi) is 5.51. The van der Waals surface area contributed by atoms with Crippen LogP contribution in [-0.4, -0.2) is 29.5 Å². The van der Waals surface area contributed by atoms with Crippen molar-refractivity contribution in [2.45, 2.75) is 20.5 Å². The quantitative estimate of drug-likeness (QED) is 0.411. The van der Waals surface area contributed by atoms with Gasteiger partial charge >= 0.3 is 6.01 Å². The lowest BCUT2D eigenvalue weighted by atomic mass is 9.98. The molecule has 0 aliphatic carbocycles. The molecule has 0 unspecified atom stereocenters. The van der Waals surface area contributed by atoms with Crippen molar-refractivity contribution in [2.75, 3.05) is 5.73 Å². The first kappa shape index (κ1) is 21.9. The van der Waals surface area contributed by atoms with Crippen LogP contribution in [-0.2, 0) is 6.61 Å². The van der Waals surface area contributed by atoms with Crippen LogP contribution in [0.2, 0.25) is 0 Å². The van der Waals surface area contributed by atoms with Crippen molar-refractivity contribution in [3.05, 3.63) is 83.2 Å². The molecule has 5 aromatic rings. The van der Waals surface area contributed by atoms with Gasteiger partial charge in [0.25, 0.3) is 0 Å². The molecule has 1 aromatic carbocycles. The Morgan fingerprint density at radius 1 is 1.03 bits per heavy atom. The topological polar surface area (TPSA) is 128 Å². The highest BCUT2D eigenvalue weighted by Gasteiger charge is 2.21. The number of aryl methyl sites for hydroxylation is 2. The first-order valence-corrected chi connectivity index (χ1v) is 10.7. The Bertz CT molecular complexity index is 1600.